The van der Waals surface area contributed by atoms with E-state index in [1.165, 1.54) is 37.3 Å². The van der Waals surface area contributed by atoms with E-state index in [1.807, 2.05) is 0 Å². The monoisotopic (exact) mass is 516 g/mol. The third-order valence-corrected chi connectivity index (χ3v) is 7.09. The van der Waals surface area contributed by atoms with E-state index in [9.17, 15) is 26.4 Å². The lowest BCUT2D eigenvalue weighted by molar-refractivity contribution is -0.122. The second-order valence-electron chi connectivity index (χ2n) is 6.98. The summed E-state index contributed by atoms with van der Waals surface area (Å²) < 4.78 is 69.4. The molecule has 0 aromatic heterocycles. The summed E-state index contributed by atoms with van der Waals surface area (Å²) in [5.74, 6) is -3.28. The van der Waals surface area contributed by atoms with Crippen LogP contribution in [0, 0.1) is 17.5 Å². The largest absolute Gasteiger partial charge is 0.350 e. The van der Waals surface area contributed by atoms with Gasteiger partial charge in [-0.25, -0.2) is 21.6 Å². The highest BCUT2D eigenvalue weighted by Gasteiger charge is 2.35. The molecule has 0 aliphatic heterocycles. The molecule has 0 aliphatic carbocycles. The normalized spacial score (nSPS) is 12.3. The van der Waals surface area contributed by atoms with Gasteiger partial charge in [-0.2, -0.15) is 0 Å². The van der Waals surface area contributed by atoms with E-state index >= 15 is 0 Å². The third kappa shape index (κ3) is 5.61. The molecule has 11 heteroatoms. The van der Waals surface area contributed by atoms with E-state index in [0.717, 1.165) is 30.3 Å². The molecule has 3 aromatic carbocycles. The zero-order valence-corrected chi connectivity index (χ0v) is 19.4. The molecule has 33 heavy (non-hydrogen) atoms. The number of anilines is 1. The van der Waals surface area contributed by atoms with Crippen molar-refractivity contribution in [2.75, 3.05) is 4.31 Å². The maximum absolute atomic E-state index is 14.7. The molecule has 0 radical (unpaired) electrons. The van der Waals surface area contributed by atoms with Gasteiger partial charge in [-0.05, 0) is 67.6 Å². The molecule has 5 nitrogen and oxygen atoms in total. The predicted octanol–water partition coefficient (Wildman–Crippen LogP) is 5.31. The van der Waals surface area contributed by atoms with Gasteiger partial charge < -0.3 is 5.32 Å². The van der Waals surface area contributed by atoms with Gasteiger partial charge in [0.1, 0.15) is 23.5 Å². The van der Waals surface area contributed by atoms with Crippen LogP contribution in [0.25, 0.3) is 0 Å². The quantitative estimate of drug-likeness (QED) is 0.462. The summed E-state index contributed by atoms with van der Waals surface area (Å²) in [6.07, 6.45) is 0. The zero-order valence-electron chi connectivity index (χ0n) is 17.0. The number of carbonyl (C=O) groups excluding carboxylic acids is 1. The van der Waals surface area contributed by atoms with Gasteiger partial charge in [0.05, 0.1) is 10.6 Å². The Morgan fingerprint density at radius 2 is 1.55 bits per heavy atom. The van der Waals surface area contributed by atoms with Crippen LogP contribution in [0.15, 0.2) is 65.6 Å². The van der Waals surface area contributed by atoms with Gasteiger partial charge in [-0.3, -0.25) is 9.10 Å². The molecule has 3 rings (SSSR count). The molecule has 3 aromatic rings. The standard InChI is InChI=1S/C22H17Cl2F3N2O3S/c1-13(22(30)28-12-14-10-17(25)5-9-19(14)26)29(21-11-16(24)4-8-20(21)27)33(31,32)18-6-2-15(23)3-7-18/h2-11,13H,12H2,1H3,(H,28,30). The van der Waals surface area contributed by atoms with Gasteiger partial charge in [0.15, 0.2) is 0 Å². The first-order valence-electron chi connectivity index (χ1n) is 9.47. The van der Waals surface area contributed by atoms with Crippen molar-refractivity contribution in [2.45, 2.75) is 24.4 Å². The lowest BCUT2D eigenvalue weighted by Crippen LogP contribution is -2.48. The molecular weight excluding hydrogens is 500 g/mol. The lowest BCUT2D eigenvalue weighted by Gasteiger charge is -2.30. The van der Waals surface area contributed by atoms with Crippen molar-refractivity contribution in [3.05, 3.63) is 93.7 Å². The smallest absolute Gasteiger partial charge is 0.265 e. The summed E-state index contributed by atoms with van der Waals surface area (Å²) >= 11 is 11.8. The van der Waals surface area contributed by atoms with Crippen molar-refractivity contribution < 1.29 is 26.4 Å². The number of hydrogen-bond acceptors (Lipinski definition) is 3. The van der Waals surface area contributed by atoms with Gasteiger partial charge in [0, 0.05) is 22.2 Å². The van der Waals surface area contributed by atoms with Crippen molar-refractivity contribution >= 4 is 44.8 Å². The maximum atomic E-state index is 14.7. The molecule has 0 spiro atoms. The fourth-order valence-electron chi connectivity index (χ4n) is 3.04. The highest BCUT2D eigenvalue weighted by atomic mass is 35.5. The fraction of sp³-hybridized carbons (Fsp3) is 0.136. The number of benzene rings is 3. The molecule has 174 valence electrons. The third-order valence-electron chi connectivity index (χ3n) is 4.71. The van der Waals surface area contributed by atoms with Crippen LogP contribution in [0.5, 0.6) is 0 Å². The number of hydrogen-bond donors (Lipinski definition) is 1. The van der Waals surface area contributed by atoms with Crippen molar-refractivity contribution in [1.29, 1.82) is 0 Å². The van der Waals surface area contributed by atoms with Gasteiger partial charge >= 0.3 is 0 Å². The van der Waals surface area contributed by atoms with Crippen molar-refractivity contribution in [2.24, 2.45) is 0 Å². The predicted molar refractivity (Wildman–Crippen MR) is 120 cm³/mol. The van der Waals surface area contributed by atoms with Gasteiger partial charge in [0.25, 0.3) is 10.0 Å². The Balaban J connectivity index is 1.99. The van der Waals surface area contributed by atoms with Crippen LogP contribution in [-0.4, -0.2) is 20.4 Å². The van der Waals surface area contributed by atoms with Gasteiger partial charge in [0.2, 0.25) is 5.91 Å². The Morgan fingerprint density at radius 3 is 2.21 bits per heavy atom. The molecule has 1 atom stereocenters. The Kier molecular flexibility index (Phi) is 7.56. The summed E-state index contributed by atoms with van der Waals surface area (Å²) in [6, 6.07) is 9.58. The summed E-state index contributed by atoms with van der Waals surface area (Å²) in [5.41, 5.74) is -0.603. The van der Waals surface area contributed by atoms with Crippen LogP contribution in [0.2, 0.25) is 10.0 Å². The van der Waals surface area contributed by atoms with Crippen molar-refractivity contribution in [3.8, 4) is 0 Å². The number of halogens is 5. The minimum absolute atomic E-state index is 0.0390. The number of sulfonamides is 1. The Hall–Kier alpha value is -2.75. The lowest BCUT2D eigenvalue weighted by atomic mass is 10.2. The zero-order chi connectivity index (χ0) is 24.3. The van der Waals surface area contributed by atoms with Crippen molar-refractivity contribution in [1.82, 2.24) is 5.32 Å². The van der Waals surface area contributed by atoms with Crippen LogP contribution in [0.3, 0.4) is 0 Å². The molecule has 0 bridgehead atoms. The van der Waals surface area contributed by atoms with Crippen LogP contribution >= 0.6 is 23.2 Å². The Labute approximate surface area is 198 Å². The maximum Gasteiger partial charge on any atom is 0.265 e. The Morgan fingerprint density at radius 1 is 0.939 bits per heavy atom. The highest BCUT2D eigenvalue weighted by Crippen LogP contribution is 2.31. The van der Waals surface area contributed by atoms with E-state index in [2.05, 4.69) is 5.32 Å². The molecule has 1 amide bonds. The van der Waals surface area contributed by atoms with E-state index in [1.54, 1.807) is 0 Å². The second kappa shape index (κ2) is 10.0. The molecule has 0 heterocycles. The summed E-state index contributed by atoms with van der Waals surface area (Å²) in [7, 11) is -4.47. The summed E-state index contributed by atoms with van der Waals surface area (Å²) in [4.78, 5) is 12.6. The molecule has 1 unspecified atom stereocenters. The minimum Gasteiger partial charge on any atom is -0.350 e. The van der Waals surface area contributed by atoms with Crippen LogP contribution in [-0.2, 0) is 21.4 Å². The summed E-state index contributed by atoms with van der Waals surface area (Å²) in [6.45, 7) is 0.810. The average molecular weight is 517 g/mol. The first-order chi connectivity index (χ1) is 15.5. The van der Waals surface area contributed by atoms with E-state index in [-0.39, 0.29) is 20.5 Å². The first kappa shape index (κ1) is 24.9. The fourth-order valence-corrected chi connectivity index (χ4v) is 4.95. The van der Waals surface area contributed by atoms with Crippen LogP contribution < -0.4 is 9.62 Å². The molecule has 0 aliphatic rings. The van der Waals surface area contributed by atoms with Gasteiger partial charge in [-0.15, -0.1) is 0 Å². The van der Waals surface area contributed by atoms with E-state index in [0.29, 0.717) is 4.31 Å². The van der Waals surface area contributed by atoms with Crippen molar-refractivity contribution in [3.63, 3.8) is 0 Å². The Bertz CT molecular complexity index is 1290. The van der Waals surface area contributed by atoms with Crippen LogP contribution in [0.4, 0.5) is 18.9 Å². The highest BCUT2D eigenvalue weighted by molar-refractivity contribution is 7.93. The number of rotatable bonds is 7. The molecule has 0 saturated carbocycles. The number of nitrogens with zero attached hydrogens (tertiary/aromatic N) is 1. The number of carbonyl (C=O) groups is 1. The SMILES string of the molecule is CC(C(=O)NCc1cc(F)ccc1F)N(c1cc(Cl)ccc1F)S(=O)(=O)c1ccc(Cl)cc1. The van der Waals surface area contributed by atoms with E-state index in [4.69, 9.17) is 23.2 Å². The summed E-state index contributed by atoms with van der Waals surface area (Å²) in [5, 5.41) is 2.67. The van der Waals surface area contributed by atoms with Crippen LogP contribution in [0.1, 0.15) is 12.5 Å². The average Bonchev–Trinajstić information content (AvgIpc) is 2.76. The first-order valence-corrected chi connectivity index (χ1v) is 11.7. The number of amides is 1. The van der Waals surface area contributed by atoms with Gasteiger partial charge in [-0.1, -0.05) is 23.2 Å². The molecule has 0 saturated heterocycles. The topological polar surface area (TPSA) is 66.5 Å². The molecular formula is C22H17Cl2F3N2O3S. The van der Waals surface area contributed by atoms with E-state index < -0.39 is 51.7 Å². The second-order valence-corrected chi connectivity index (χ2v) is 9.67. The molecule has 0 fully saturated rings. The molecule has 1 N–H and O–H groups in total. The minimum atomic E-state index is -4.47. The number of nitrogens with one attached hydrogen (secondary N) is 1.